The molecule has 0 aromatic carbocycles. The number of hydrogen-bond acceptors (Lipinski definition) is 4. The van der Waals surface area contributed by atoms with Crippen LogP contribution in [0.25, 0.3) is 0 Å². The van der Waals surface area contributed by atoms with Gasteiger partial charge >= 0.3 is 0 Å². The van der Waals surface area contributed by atoms with Crippen LogP contribution in [0, 0.1) is 0 Å². The maximum Gasteiger partial charge on any atom is 0.239 e. The zero-order valence-corrected chi connectivity index (χ0v) is 7.56. The molecule has 2 amide bonds. The van der Waals surface area contributed by atoms with Crippen molar-refractivity contribution in [2.45, 2.75) is 12.5 Å². The van der Waals surface area contributed by atoms with Crippen LogP contribution in [0.4, 0.5) is 0 Å². The summed E-state index contributed by atoms with van der Waals surface area (Å²) in [5, 5.41) is 8.52. The Hall–Kier alpha value is -1.14. The number of rotatable bonds is 5. The number of aliphatic hydroxyl groups excluding tert-OH is 1. The minimum absolute atomic E-state index is 0.133. The molecular formula is C7H15N3O3. The van der Waals surface area contributed by atoms with Crippen LogP contribution in [0.3, 0.4) is 0 Å². The van der Waals surface area contributed by atoms with E-state index in [1.165, 1.54) is 11.9 Å². The molecule has 0 aliphatic rings. The SMILES string of the molecule is CN(CCO)C(=O)C(N)CC(N)=O. The third-order valence-corrected chi connectivity index (χ3v) is 1.55. The first-order valence-electron chi connectivity index (χ1n) is 3.88. The third kappa shape index (κ3) is 4.44. The molecule has 0 saturated carbocycles. The van der Waals surface area contributed by atoms with Gasteiger partial charge in [0.05, 0.1) is 19.1 Å². The maximum atomic E-state index is 11.3. The summed E-state index contributed by atoms with van der Waals surface area (Å²) < 4.78 is 0. The molecule has 0 saturated heterocycles. The van der Waals surface area contributed by atoms with E-state index in [1.54, 1.807) is 0 Å². The van der Waals surface area contributed by atoms with Gasteiger partial charge in [0.2, 0.25) is 11.8 Å². The summed E-state index contributed by atoms with van der Waals surface area (Å²) in [5.41, 5.74) is 10.2. The second-order valence-electron chi connectivity index (χ2n) is 2.76. The third-order valence-electron chi connectivity index (χ3n) is 1.55. The Bertz CT molecular complexity index is 195. The van der Waals surface area contributed by atoms with Gasteiger partial charge in [0.15, 0.2) is 0 Å². The van der Waals surface area contributed by atoms with Crippen molar-refractivity contribution in [1.29, 1.82) is 0 Å². The Kier molecular flexibility index (Phi) is 5.01. The molecule has 0 aromatic rings. The van der Waals surface area contributed by atoms with Crippen molar-refractivity contribution in [3.63, 3.8) is 0 Å². The molecule has 0 aliphatic carbocycles. The zero-order chi connectivity index (χ0) is 10.4. The van der Waals surface area contributed by atoms with Gasteiger partial charge in [-0.05, 0) is 0 Å². The molecule has 0 spiro atoms. The Morgan fingerprint density at radius 3 is 2.46 bits per heavy atom. The Morgan fingerprint density at radius 2 is 2.08 bits per heavy atom. The lowest BCUT2D eigenvalue weighted by Gasteiger charge is -2.19. The van der Waals surface area contributed by atoms with Crippen LogP contribution in [-0.2, 0) is 9.59 Å². The van der Waals surface area contributed by atoms with Crippen LogP contribution in [0.5, 0.6) is 0 Å². The summed E-state index contributed by atoms with van der Waals surface area (Å²) >= 11 is 0. The number of nitrogens with two attached hydrogens (primary N) is 2. The molecule has 6 heteroatoms. The van der Waals surface area contributed by atoms with Crippen molar-refractivity contribution in [3.8, 4) is 0 Å². The molecule has 0 aromatic heterocycles. The minimum Gasteiger partial charge on any atom is -0.395 e. The van der Waals surface area contributed by atoms with E-state index in [4.69, 9.17) is 16.6 Å². The van der Waals surface area contributed by atoms with E-state index < -0.39 is 17.9 Å². The van der Waals surface area contributed by atoms with Gasteiger partial charge in [0.1, 0.15) is 0 Å². The molecule has 5 N–H and O–H groups in total. The largest absolute Gasteiger partial charge is 0.395 e. The van der Waals surface area contributed by atoms with Crippen molar-refractivity contribution in [1.82, 2.24) is 4.90 Å². The van der Waals surface area contributed by atoms with Crippen LogP contribution in [0.1, 0.15) is 6.42 Å². The van der Waals surface area contributed by atoms with Crippen molar-refractivity contribution < 1.29 is 14.7 Å². The van der Waals surface area contributed by atoms with Gasteiger partial charge in [-0.1, -0.05) is 0 Å². The van der Waals surface area contributed by atoms with E-state index in [1.807, 2.05) is 0 Å². The Balaban J connectivity index is 4.01. The van der Waals surface area contributed by atoms with Gasteiger partial charge in [-0.2, -0.15) is 0 Å². The summed E-state index contributed by atoms with van der Waals surface area (Å²) in [6.45, 7) is 0.0663. The Labute approximate surface area is 76.5 Å². The van der Waals surface area contributed by atoms with Gasteiger partial charge in [-0.15, -0.1) is 0 Å². The molecule has 0 fully saturated rings. The minimum atomic E-state index is -0.908. The fraction of sp³-hybridized carbons (Fsp3) is 0.714. The highest BCUT2D eigenvalue weighted by atomic mass is 16.3. The number of amides is 2. The number of nitrogens with zero attached hydrogens (tertiary/aromatic N) is 1. The summed E-state index contributed by atoms with van der Waals surface area (Å²) in [6, 6.07) is -0.908. The second kappa shape index (κ2) is 5.50. The number of carbonyl (C=O) groups excluding carboxylic acids is 2. The van der Waals surface area contributed by atoms with Gasteiger partial charge in [0, 0.05) is 13.6 Å². The first-order valence-corrected chi connectivity index (χ1v) is 3.88. The highest BCUT2D eigenvalue weighted by molar-refractivity contribution is 5.87. The Morgan fingerprint density at radius 1 is 1.54 bits per heavy atom. The highest BCUT2D eigenvalue weighted by Crippen LogP contribution is 1.93. The van der Waals surface area contributed by atoms with Crippen LogP contribution in [-0.4, -0.2) is 48.1 Å². The number of aliphatic hydroxyl groups is 1. The molecule has 1 unspecified atom stereocenters. The predicted molar refractivity (Wildman–Crippen MR) is 46.5 cm³/mol. The second-order valence-corrected chi connectivity index (χ2v) is 2.76. The van der Waals surface area contributed by atoms with Crippen molar-refractivity contribution >= 4 is 11.8 Å². The average molecular weight is 189 g/mol. The number of likely N-dealkylation sites (N-methyl/N-ethyl adjacent to an activating group) is 1. The van der Waals surface area contributed by atoms with Gasteiger partial charge in [0.25, 0.3) is 0 Å². The first kappa shape index (κ1) is 11.9. The molecule has 6 nitrogen and oxygen atoms in total. The molecule has 0 bridgehead atoms. The average Bonchev–Trinajstić information content (AvgIpc) is 2.02. The predicted octanol–water partition coefficient (Wildman–Crippen LogP) is -2.36. The van der Waals surface area contributed by atoms with E-state index in [-0.39, 0.29) is 19.6 Å². The van der Waals surface area contributed by atoms with Crippen LogP contribution < -0.4 is 11.5 Å². The lowest BCUT2D eigenvalue weighted by molar-refractivity contribution is -0.133. The van der Waals surface area contributed by atoms with Crippen LogP contribution >= 0.6 is 0 Å². The maximum absolute atomic E-state index is 11.3. The lowest BCUT2D eigenvalue weighted by Crippen LogP contribution is -2.44. The van der Waals surface area contributed by atoms with E-state index in [9.17, 15) is 9.59 Å². The van der Waals surface area contributed by atoms with Crippen molar-refractivity contribution in [3.05, 3.63) is 0 Å². The number of carbonyl (C=O) groups is 2. The van der Waals surface area contributed by atoms with Crippen molar-refractivity contribution in [2.75, 3.05) is 20.2 Å². The first-order chi connectivity index (χ1) is 5.99. The topological polar surface area (TPSA) is 110 Å². The summed E-state index contributed by atoms with van der Waals surface area (Å²) in [4.78, 5) is 22.9. The van der Waals surface area contributed by atoms with Crippen LogP contribution in [0.2, 0.25) is 0 Å². The molecule has 0 radical (unpaired) electrons. The normalized spacial score (nSPS) is 12.2. The molecule has 0 heterocycles. The van der Waals surface area contributed by atoms with Crippen LogP contribution in [0.15, 0.2) is 0 Å². The van der Waals surface area contributed by atoms with E-state index in [0.29, 0.717) is 0 Å². The number of primary amides is 1. The quantitative estimate of drug-likeness (QED) is 0.449. The van der Waals surface area contributed by atoms with Gasteiger partial charge in [-0.25, -0.2) is 0 Å². The lowest BCUT2D eigenvalue weighted by atomic mass is 10.2. The molecule has 13 heavy (non-hydrogen) atoms. The van der Waals surface area contributed by atoms with E-state index in [2.05, 4.69) is 0 Å². The molecular weight excluding hydrogens is 174 g/mol. The molecule has 0 aliphatic heterocycles. The fourth-order valence-corrected chi connectivity index (χ4v) is 0.847. The van der Waals surface area contributed by atoms with Gasteiger partial charge < -0.3 is 21.5 Å². The smallest absolute Gasteiger partial charge is 0.239 e. The van der Waals surface area contributed by atoms with Crippen molar-refractivity contribution in [2.24, 2.45) is 11.5 Å². The summed E-state index contributed by atoms with van der Waals surface area (Å²) in [5.74, 6) is -1.01. The van der Waals surface area contributed by atoms with E-state index >= 15 is 0 Å². The molecule has 1 atom stereocenters. The van der Waals surface area contributed by atoms with Gasteiger partial charge in [-0.3, -0.25) is 9.59 Å². The van der Waals surface area contributed by atoms with E-state index in [0.717, 1.165) is 0 Å². The standard InChI is InChI=1S/C7H15N3O3/c1-10(2-3-11)7(13)5(8)4-6(9)12/h5,11H,2-4,8H2,1H3,(H2,9,12). The monoisotopic (exact) mass is 189 g/mol. The summed E-state index contributed by atoms with van der Waals surface area (Å²) in [7, 11) is 1.50. The molecule has 0 rings (SSSR count). The highest BCUT2D eigenvalue weighted by Gasteiger charge is 2.19. The number of hydrogen-bond donors (Lipinski definition) is 3. The molecule has 76 valence electrons. The summed E-state index contributed by atoms with van der Waals surface area (Å²) in [6.07, 6.45) is -0.172. The zero-order valence-electron chi connectivity index (χ0n) is 7.56. The fourth-order valence-electron chi connectivity index (χ4n) is 0.847.